The second-order valence-corrected chi connectivity index (χ2v) is 4.21. The summed E-state index contributed by atoms with van der Waals surface area (Å²) in [6.07, 6.45) is 4.25. The number of carbonyl (C=O) groups is 1. The Morgan fingerprint density at radius 2 is 1.87 bits per heavy atom. The van der Waals surface area contributed by atoms with Gasteiger partial charge in [-0.2, -0.15) is 0 Å². The van der Waals surface area contributed by atoms with Crippen molar-refractivity contribution < 1.29 is 9.90 Å². The normalized spacial score (nSPS) is 11.5. The van der Waals surface area contributed by atoms with Crippen LogP contribution in [0.1, 0.15) is 52.9 Å². The number of aliphatic hydroxyl groups excluding tert-OH is 1. The van der Waals surface area contributed by atoms with Crippen LogP contribution in [0.2, 0.25) is 0 Å². The van der Waals surface area contributed by atoms with E-state index in [0.717, 1.165) is 25.7 Å². The van der Waals surface area contributed by atoms with Gasteiger partial charge in [0.25, 0.3) is 0 Å². The van der Waals surface area contributed by atoms with E-state index in [9.17, 15) is 4.79 Å². The molecule has 0 atom stereocenters. The van der Waals surface area contributed by atoms with Gasteiger partial charge in [0.2, 0.25) is 5.91 Å². The molecule has 0 saturated carbocycles. The molecule has 0 aromatic heterocycles. The highest BCUT2D eigenvalue weighted by Crippen LogP contribution is 2.29. The third-order valence-electron chi connectivity index (χ3n) is 3.28. The molecule has 90 valence electrons. The van der Waals surface area contributed by atoms with Crippen molar-refractivity contribution in [1.82, 2.24) is 5.32 Å². The molecule has 0 rings (SSSR count). The summed E-state index contributed by atoms with van der Waals surface area (Å²) in [6, 6.07) is 0. The van der Waals surface area contributed by atoms with Gasteiger partial charge in [0.1, 0.15) is 0 Å². The van der Waals surface area contributed by atoms with Crippen molar-refractivity contribution in [2.24, 2.45) is 5.41 Å². The maximum Gasteiger partial charge on any atom is 0.220 e. The van der Waals surface area contributed by atoms with Crippen LogP contribution in [0.25, 0.3) is 0 Å². The van der Waals surface area contributed by atoms with Crippen molar-refractivity contribution in [1.29, 1.82) is 0 Å². The van der Waals surface area contributed by atoms with Crippen molar-refractivity contribution in [2.75, 3.05) is 13.2 Å². The Labute approximate surface area is 93.3 Å². The van der Waals surface area contributed by atoms with Gasteiger partial charge in [0.15, 0.2) is 0 Å². The van der Waals surface area contributed by atoms with Crippen LogP contribution in [0.5, 0.6) is 0 Å². The molecule has 3 nitrogen and oxygen atoms in total. The van der Waals surface area contributed by atoms with Crippen molar-refractivity contribution >= 4 is 5.91 Å². The zero-order valence-electron chi connectivity index (χ0n) is 10.3. The quantitative estimate of drug-likeness (QED) is 0.651. The average molecular weight is 215 g/mol. The highest BCUT2D eigenvalue weighted by atomic mass is 16.3. The summed E-state index contributed by atoms with van der Waals surface area (Å²) in [5.74, 6) is 0.127. The predicted octanol–water partition coefficient (Wildman–Crippen LogP) is 2.09. The summed E-state index contributed by atoms with van der Waals surface area (Å²) in [5.41, 5.74) is 0.0815. The number of rotatable bonds is 8. The van der Waals surface area contributed by atoms with E-state index >= 15 is 0 Å². The van der Waals surface area contributed by atoms with Gasteiger partial charge in [-0.25, -0.2) is 0 Å². The molecule has 0 aromatic carbocycles. The first-order chi connectivity index (χ1) is 7.14. The molecule has 15 heavy (non-hydrogen) atoms. The van der Waals surface area contributed by atoms with Gasteiger partial charge in [0.05, 0.1) is 0 Å². The summed E-state index contributed by atoms with van der Waals surface area (Å²) in [7, 11) is 0. The fourth-order valence-corrected chi connectivity index (χ4v) is 1.78. The number of aliphatic hydroxyl groups is 1. The minimum atomic E-state index is 0.0815. The molecule has 0 radical (unpaired) electrons. The van der Waals surface area contributed by atoms with Crippen LogP contribution < -0.4 is 5.32 Å². The third-order valence-corrected chi connectivity index (χ3v) is 3.28. The smallest absolute Gasteiger partial charge is 0.220 e. The molecular formula is C12H25NO2. The van der Waals surface area contributed by atoms with E-state index < -0.39 is 0 Å². The Bertz CT molecular complexity index is 176. The zero-order chi connectivity index (χ0) is 11.7. The fourth-order valence-electron chi connectivity index (χ4n) is 1.78. The molecule has 0 aliphatic rings. The van der Waals surface area contributed by atoms with E-state index in [0.29, 0.717) is 13.0 Å². The molecular weight excluding hydrogens is 190 g/mol. The van der Waals surface area contributed by atoms with Gasteiger partial charge in [-0.05, 0) is 31.1 Å². The summed E-state index contributed by atoms with van der Waals surface area (Å²) in [6.45, 7) is 7.13. The minimum Gasteiger partial charge on any atom is -0.396 e. The molecule has 0 saturated heterocycles. The van der Waals surface area contributed by atoms with Crippen LogP contribution in [0.3, 0.4) is 0 Å². The Kier molecular flexibility index (Phi) is 7.39. The summed E-state index contributed by atoms with van der Waals surface area (Å²) < 4.78 is 0. The second-order valence-electron chi connectivity index (χ2n) is 4.21. The zero-order valence-corrected chi connectivity index (χ0v) is 10.3. The molecule has 0 unspecified atom stereocenters. The van der Waals surface area contributed by atoms with Crippen molar-refractivity contribution in [2.45, 2.75) is 52.9 Å². The summed E-state index contributed by atoms with van der Waals surface area (Å²) in [4.78, 5) is 11.4. The van der Waals surface area contributed by atoms with Gasteiger partial charge in [-0.3, -0.25) is 4.79 Å². The summed E-state index contributed by atoms with van der Waals surface area (Å²) in [5, 5.41) is 12.0. The lowest BCUT2D eigenvalue weighted by molar-refractivity contribution is -0.121. The number of hydrogen-bond donors (Lipinski definition) is 2. The lowest BCUT2D eigenvalue weighted by Gasteiger charge is -2.31. The first kappa shape index (κ1) is 14.4. The number of amides is 1. The van der Waals surface area contributed by atoms with Crippen LogP contribution in [-0.4, -0.2) is 24.2 Å². The van der Waals surface area contributed by atoms with Crippen LogP contribution >= 0.6 is 0 Å². The van der Waals surface area contributed by atoms with E-state index in [1.807, 2.05) is 6.92 Å². The molecule has 1 amide bonds. The van der Waals surface area contributed by atoms with Crippen molar-refractivity contribution in [3.8, 4) is 0 Å². The van der Waals surface area contributed by atoms with E-state index in [2.05, 4.69) is 19.2 Å². The average Bonchev–Trinajstić information content (AvgIpc) is 2.25. The Morgan fingerprint density at radius 1 is 1.27 bits per heavy atom. The Balaban J connectivity index is 4.10. The maximum atomic E-state index is 11.4. The lowest BCUT2D eigenvalue weighted by Crippen LogP contribution is -2.37. The van der Waals surface area contributed by atoms with Crippen LogP contribution in [0, 0.1) is 5.41 Å². The van der Waals surface area contributed by atoms with Gasteiger partial charge in [-0.1, -0.05) is 20.8 Å². The summed E-state index contributed by atoms with van der Waals surface area (Å²) >= 11 is 0. The monoisotopic (exact) mass is 215 g/mol. The number of carbonyl (C=O) groups excluding carboxylic acids is 1. The fraction of sp³-hybridized carbons (Fsp3) is 0.917. The third kappa shape index (κ3) is 5.17. The van der Waals surface area contributed by atoms with Crippen LogP contribution in [-0.2, 0) is 4.79 Å². The molecule has 0 spiro atoms. The van der Waals surface area contributed by atoms with Crippen molar-refractivity contribution in [3.05, 3.63) is 0 Å². The molecule has 0 aromatic rings. The van der Waals surface area contributed by atoms with Gasteiger partial charge >= 0.3 is 0 Å². The Hall–Kier alpha value is -0.570. The lowest BCUT2D eigenvalue weighted by atomic mass is 9.79. The van der Waals surface area contributed by atoms with Gasteiger partial charge in [0, 0.05) is 19.6 Å². The molecule has 0 fully saturated rings. The van der Waals surface area contributed by atoms with Crippen LogP contribution in [0.15, 0.2) is 0 Å². The first-order valence-electron chi connectivity index (χ1n) is 6.01. The minimum absolute atomic E-state index is 0.0815. The standard InChI is InChI=1S/C12H25NO2/c1-4-7-11(15)13-10-12(5-2,6-3)8-9-14/h14H,4-10H2,1-3H3,(H,13,15). The Morgan fingerprint density at radius 3 is 2.27 bits per heavy atom. The van der Waals surface area contributed by atoms with E-state index in [1.165, 1.54) is 0 Å². The topological polar surface area (TPSA) is 49.3 Å². The SMILES string of the molecule is CCCC(=O)NCC(CC)(CC)CCO. The second kappa shape index (κ2) is 7.69. The first-order valence-corrected chi connectivity index (χ1v) is 6.01. The van der Waals surface area contributed by atoms with E-state index in [4.69, 9.17) is 5.11 Å². The molecule has 0 aliphatic carbocycles. The highest BCUT2D eigenvalue weighted by Gasteiger charge is 2.25. The maximum absolute atomic E-state index is 11.4. The largest absolute Gasteiger partial charge is 0.396 e. The molecule has 0 aliphatic heterocycles. The molecule has 0 heterocycles. The highest BCUT2D eigenvalue weighted by molar-refractivity contribution is 5.75. The predicted molar refractivity (Wildman–Crippen MR) is 62.6 cm³/mol. The number of hydrogen-bond acceptors (Lipinski definition) is 2. The van der Waals surface area contributed by atoms with E-state index in [-0.39, 0.29) is 17.9 Å². The van der Waals surface area contributed by atoms with Crippen LogP contribution in [0.4, 0.5) is 0 Å². The van der Waals surface area contributed by atoms with E-state index in [1.54, 1.807) is 0 Å². The van der Waals surface area contributed by atoms with Gasteiger partial charge in [-0.15, -0.1) is 0 Å². The van der Waals surface area contributed by atoms with Crippen molar-refractivity contribution in [3.63, 3.8) is 0 Å². The molecule has 2 N–H and O–H groups in total. The number of nitrogens with one attached hydrogen (secondary N) is 1. The molecule has 3 heteroatoms. The van der Waals surface area contributed by atoms with Gasteiger partial charge < -0.3 is 10.4 Å². The molecule has 0 bridgehead atoms.